The molecule has 96 valence electrons. The summed E-state index contributed by atoms with van der Waals surface area (Å²) in [5.74, 6) is 1.74. The first-order valence-electron chi connectivity index (χ1n) is 6.50. The highest BCUT2D eigenvalue weighted by Crippen LogP contribution is 2.40. The summed E-state index contributed by atoms with van der Waals surface area (Å²) < 4.78 is 0. The van der Waals surface area contributed by atoms with Crippen molar-refractivity contribution < 1.29 is 4.79 Å². The number of nitrogens with two attached hydrogens (primary N) is 1. The Bertz CT molecular complexity index is 463. The smallest absolute Gasteiger partial charge is 0.231 e. The monoisotopic (exact) mass is 262 g/mol. The van der Waals surface area contributed by atoms with Crippen molar-refractivity contribution in [2.75, 3.05) is 25.4 Å². The summed E-state index contributed by atoms with van der Waals surface area (Å²) in [7, 11) is 0. The minimum atomic E-state index is 0.0581. The van der Waals surface area contributed by atoms with Crippen molar-refractivity contribution in [1.29, 1.82) is 0 Å². The molecule has 1 aromatic carbocycles. The molecule has 2 aliphatic rings. The van der Waals surface area contributed by atoms with Crippen LogP contribution in [0.5, 0.6) is 0 Å². The molecule has 0 bridgehead atoms. The summed E-state index contributed by atoms with van der Waals surface area (Å²) in [5.41, 5.74) is 6.90. The highest BCUT2D eigenvalue weighted by Gasteiger charge is 2.34. The van der Waals surface area contributed by atoms with Crippen LogP contribution < -0.4 is 5.73 Å². The summed E-state index contributed by atoms with van der Waals surface area (Å²) in [6, 6.07) is 8.27. The van der Waals surface area contributed by atoms with Gasteiger partial charge in [-0.2, -0.15) is 0 Å². The number of carbonyl (C=O) groups excluding carboxylic acids is 1. The number of fused-ring (bicyclic) bond motifs is 1. The molecule has 1 saturated heterocycles. The van der Waals surface area contributed by atoms with E-state index in [4.69, 9.17) is 5.73 Å². The molecule has 1 amide bonds. The van der Waals surface area contributed by atoms with Crippen LogP contribution in [0.15, 0.2) is 29.2 Å². The van der Waals surface area contributed by atoms with Gasteiger partial charge in [-0.1, -0.05) is 18.2 Å². The lowest BCUT2D eigenvalue weighted by molar-refractivity contribution is -0.131. The largest absolute Gasteiger partial charge is 0.342 e. The maximum Gasteiger partial charge on any atom is 0.231 e. The molecule has 0 radical (unpaired) electrons. The predicted octanol–water partition coefficient (Wildman–Crippen LogP) is 1.68. The molecule has 0 aromatic heterocycles. The third-order valence-corrected chi connectivity index (χ3v) is 5.11. The van der Waals surface area contributed by atoms with Crippen LogP contribution in [0, 0.1) is 5.92 Å². The Kier molecular flexibility index (Phi) is 3.31. The SMILES string of the molecule is NC[C@H]1CCN(C(=O)[C@@H]2CSc3ccccc32)C1. The lowest BCUT2D eigenvalue weighted by Gasteiger charge is -2.20. The molecular weight excluding hydrogens is 244 g/mol. The summed E-state index contributed by atoms with van der Waals surface area (Å²) in [6.45, 7) is 2.42. The molecule has 4 heteroatoms. The number of amides is 1. The third kappa shape index (κ3) is 2.04. The predicted molar refractivity (Wildman–Crippen MR) is 73.6 cm³/mol. The van der Waals surface area contributed by atoms with Crippen molar-refractivity contribution in [3.8, 4) is 0 Å². The molecule has 0 spiro atoms. The minimum Gasteiger partial charge on any atom is -0.342 e. The number of nitrogens with zero attached hydrogens (tertiary/aromatic N) is 1. The molecule has 2 heterocycles. The normalized spacial score (nSPS) is 26.4. The summed E-state index contributed by atoms with van der Waals surface area (Å²) in [6.07, 6.45) is 1.06. The second-order valence-corrected chi connectivity index (χ2v) is 6.14. The number of carbonyl (C=O) groups is 1. The third-order valence-electron chi connectivity index (χ3n) is 3.93. The van der Waals surface area contributed by atoms with Gasteiger partial charge in [0.1, 0.15) is 0 Å². The fourth-order valence-electron chi connectivity index (χ4n) is 2.81. The molecule has 1 aromatic rings. The van der Waals surface area contributed by atoms with Crippen LogP contribution in [0.3, 0.4) is 0 Å². The quantitative estimate of drug-likeness (QED) is 0.882. The highest BCUT2D eigenvalue weighted by atomic mass is 32.2. The molecule has 0 aliphatic carbocycles. The maximum atomic E-state index is 12.5. The molecule has 2 atom stereocenters. The van der Waals surface area contributed by atoms with E-state index >= 15 is 0 Å². The van der Waals surface area contributed by atoms with Gasteiger partial charge < -0.3 is 10.6 Å². The van der Waals surface area contributed by atoms with Crippen LogP contribution in [-0.2, 0) is 4.79 Å². The number of hydrogen-bond donors (Lipinski definition) is 1. The molecule has 1 fully saturated rings. The molecule has 3 nitrogen and oxygen atoms in total. The fraction of sp³-hybridized carbons (Fsp3) is 0.500. The standard InChI is InChI=1S/C14H18N2OS/c15-7-10-5-6-16(8-10)14(17)12-9-18-13-4-2-1-3-11(12)13/h1-4,10,12H,5-9,15H2/t10-,12-/m1/s1. The zero-order valence-corrected chi connectivity index (χ0v) is 11.2. The van der Waals surface area contributed by atoms with Crippen LogP contribution in [0.2, 0.25) is 0 Å². The lowest BCUT2D eigenvalue weighted by atomic mass is 10.00. The van der Waals surface area contributed by atoms with Gasteiger partial charge in [0.25, 0.3) is 0 Å². The van der Waals surface area contributed by atoms with Crippen LogP contribution in [0.4, 0.5) is 0 Å². The molecule has 0 saturated carbocycles. The van der Waals surface area contributed by atoms with Crippen LogP contribution in [0.1, 0.15) is 17.9 Å². The van der Waals surface area contributed by atoms with Crippen LogP contribution in [0.25, 0.3) is 0 Å². The molecule has 2 N–H and O–H groups in total. The van der Waals surface area contributed by atoms with Crippen molar-refractivity contribution in [2.24, 2.45) is 11.7 Å². The molecule has 18 heavy (non-hydrogen) atoms. The molecule has 2 aliphatic heterocycles. The van der Waals surface area contributed by atoms with Gasteiger partial charge in [-0.15, -0.1) is 11.8 Å². The Balaban J connectivity index is 1.75. The second-order valence-electron chi connectivity index (χ2n) is 5.08. The van der Waals surface area contributed by atoms with Crippen molar-refractivity contribution in [3.05, 3.63) is 29.8 Å². The number of rotatable bonds is 2. The van der Waals surface area contributed by atoms with Crippen LogP contribution in [-0.4, -0.2) is 36.2 Å². The van der Waals surface area contributed by atoms with E-state index in [1.54, 1.807) is 11.8 Å². The average molecular weight is 262 g/mol. The first-order valence-corrected chi connectivity index (χ1v) is 7.48. The number of benzene rings is 1. The molecular formula is C14H18N2OS. The Morgan fingerprint density at radius 1 is 1.44 bits per heavy atom. The van der Waals surface area contributed by atoms with Gasteiger partial charge in [-0.3, -0.25) is 4.79 Å². The zero-order chi connectivity index (χ0) is 12.5. The van der Waals surface area contributed by atoms with Crippen molar-refractivity contribution in [2.45, 2.75) is 17.2 Å². The van der Waals surface area contributed by atoms with Crippen molar-refractivity contribution >= 4 is 17.7 Å². The van der Waals surface area contributed by atoms with Crippen molar-refractivity contribution in [1.82, 2.24) is 4.90 Å². The van der Waals surface area contributed by atoms with Gasteiger partial charge >= 0.3 is 0 Å². The molecule has 3 rings (SSSR count). The first kappa shape index (κ1) is 12.1. The van der Waals surface area contributed by atoms with E-state index < -0.39 is 0 Å². The summed E-state index contributed by atoms with van der Waals surface area (Å²) in [4.78, 5) is 15.8. The average Bonchev–Trinajstić information content (AvgIpc) is 3.04. The van der Waals surface area contributed by atoms with Crippen molar-refractivity contribution in [3.63, 3.8) is 0 Å². The van der Waals surface area contributed by atoms with Gasteiger partial charge in [-0.05, 0) is 30.5 Å². The van der Waals surface area contributed by atoms with E-state index in [1.165, 1.54) is 10.5 Å². The van der Waals surface area contributed by atoms with E-state index in [0.717, 1.165) is 25.3 Å². The topological polar surface area (TPSA) is 46.3 Å². The van der Waals surface area contributed by atoms with Gasteiger partial charge in [0.15, 0.2) is 0 Å². The van der Waals surface area contributed by atoms with Gasteiger partial charge in [0.05, 0.1) is 5.92 Å². The lowest BCUT2D eigenvalue weighted by Crippen LogP contribution is -2.34. The Labute approximate surface area is 112 Å². The number of thioether (sulfide) groups is 1. The van der Waals surface area contributed by atoms with E-state index in [2.05, 4.69) is 12.1 Å². The maximum absolute atomic E-state index is 12.5. The minimum absolute atomic E-state index is 0.0581. The molecule has 0 unspecified atom stereocenters. The fourth-order valence-corrected chi connectivity index (χ4v) is 4.03. The Morgan fingerprint density at radius 2 is 2.28 bits per heavy atom. The van der Waals surface area contributed by atoms with E-state index in [0.29, 0.717) is 18.4 Å². The Morgan fingerprint density at radius 3 is 3.06 bits per heavy atom. The number of likely N-dealkylation sites (tertiary alicyclic amines) is 1. The van der Waals surface area contributed by atoms with E-state index in [-0.39, 0.29) is 5.92 Å². The highest BCUT2D eigenvalue weighted by molar-refractivity contribution is 7.99. The van der Waals surface area contributed by atoms with E-state index in [1.807, 2.05) is 17.0 Å². The van der Waals surface area contributed by atoms with Gasteiger partial charge in [-0.25, -0.2) is 0 Å². The number of hydrogen-bond acceptors (Lipinski definition) is 3. The Hall–Kier alpha value is -1.00. The summed E-state index contributed by atoms with van der Waals surface area (Å²) >= 11 is 1.80. The first-order chi connectivity index (χ1) is 8.79. The van der Waals surface area contributed by atoms with Gasteiger partial charge in [0, 0.05) is 23.7 Å². The van der Waals surface area contributed by atoms with E-state index in [9.17, 15) is 4.79 Å². The van der Waals surface area contributed by atoms with Gasteiger partial charge in [0.2, 0.25) is 5.91 Å². The second kappa shape index (κ2) is 4.94. The zero-order valence-electron chi connectivity index (χ0n) is 10.3. The van der Waals surface area contributed by atoms with Crippen LogP contribution >= 0.6 is 11.8 Å². The summed E-state index contributed by atoms with van der Waals surface area (Å²) in [5, 5.41) is 0.